The summed E-state index contributed by atoms with van der Waals surface area (Å²) in [4.78, 5) is 49.6. The summed E-state index contributed by atoms with van der Waals surface area (Å²) >= 11 is 0. The molecule has 0 amide bonds. The molecule has 0 atom stereocenters. The molecule has 0 N–H and O–H groups in total. The predicted molar refractivity (Wildman–Crippen MR) is 212 cm³/mol. The topological polar surface area (TPSA) is 85.3 Å². The van der Waals surface area contributed by atoms with Crippen LogP contribution in [0.15, 0.2) is 36.5 Å². The molecule has 5 heteroatoms. The molecule has 278 valence electrons. The number of aldehydes is 2. The monoisotopic (exact) mass is 649 g/mol. The zero-order chi connectivity index (χ0) is 36.8. The van der Waals surface area contributed by atoms with Gasteiger partial charge in [-0.15, -0.1) is 0 Å². The van der Waals surface area contributed by atoms with Crippen molar-refractivity contribution in [2.75, 3.05) is 0 Å². The molecule has 0 aliphatic rings. The van der Waals surface area contributed by atoms with Crippen LogP contribution in [0.1, 0.15) is 197 Å². The van der Waals surface area contributed by atoms with Crippen LogP contribution in [0, 0.1) is 0 Å². The summed E-state index contributed by atoms with van der Waals surface area (Å²) in [6.07, 6.45) is 20.3. The van der Waals surface area contributed by atoms with Crippen molar-refractivity contribution >= 4 is 29.9 Å². The van der Waals surface area contributed by atoms with Gasteiger partial charge in [-0.25, -0.2) is 0 Å². The van der Waals surface area contributed by atoms with Crippen molar-refractivity contribution in [2.24, 2.45) is 0 Å². The summed E-state index contributed by atoms with van der Waals surface area (Å²) in [5.41, 5.74) is 0. The average Bonchev–Trinajstić information content (AvgIpc) is 3.06. The summed E-state index contributed by atoms with van der Waals surface area (Å²) in [6.45, 7) is 34.6. The molecule has 0 bridgehead atoms. The van der Waals surface area contributed by atoms with Gasteiger partial charge in [0, 0.05) is 32.1 Å². The molecule has 5 nitrogen and oxygen atoms in total. The van der Waals surface area contributed by atoms with E-state index >= 15 is 0 Å². The molecule has 0 saturated heterocycles. The van der Waals surface area contributed by atoms with E-state index in [0.717, 1.165) is 44.7 Å². The van der Waals surface area contributed by atoms with Crippen LogP contribution in [0.4, 0.5) is 0 Å². The SMILES string of the molecule is C.C.C/C=C/CCC(=O)/C=C/C.C/C=C/CCC(=O)CC.CC.CC.CC.CC.CC.CC=O.CC=O.CCCCC(=O)CC. The zero-order valence-corrected chi connectivity index (χ0v) is 32.5. The molecule has 0 saturated carbocycles. The van der Waals surface area contributed by atoms with E-state index in [2.05, 4.69) is 6.92 Å². The van der Waals surface area contributed by atoms with Gasteiger partial charge in [-0.3, -0.25) is 14.4 Å². The van der Waals surface area contributed by atoms with Crippen LogP contribution >= 0.6 is 0 Å². The Labute approximate surface area is 287 Å². The highest BCUT2D eigenvalue weighted by atomic mass is 16.1. The number of carbonyl (C=O) groups is 5. The van der Waals surface area contributed by atoms with E-state index in [1.54, 1.807) is 12.2 Å². The van der Waals surface area contributed by atoms with Crippen molar-refractivity contribution in [1.82, 2.24) is 0 Å². The highest BCUT2D eigenvalue weighted by Crippen LogP contribution is 1.97. The highest BCUT2D eigenvalue weighted by Gasteiger charge is 1.94. The lowest BCUT2D eigenvalue weighted by Crippen LogP contribution is -1.92. The van der Waals surface area contributed by atoms with Crippen molar-refractivity contribution in [3.05, 3.63) is 36.5 Å². The van der Waals surface area contributed by atoms with Gasteiger partial charge in [-0.1, -0.05) is 142 Å². The van der Waals surface area contributed by atoms with Crippen LogP contribution in [0.3, 0.4) is 0 Å². The van der Waals surface area contributed by atoms with Gasteiger partial charge in [0.1, 0.15) is 24.1 Å². The largest absolute Gasteiger partial charge is 0.304 e. The molecule has 0 spiro atoms. The number of Topliss-reactive ketones (excluding diaryl/α,β-unsaturated/α-hetero) is 2. The molecule has 0 aliphatic carbocycles. The van der Waals surface area contributed by atoms with Crippen LogP contribution in [0.25, 0.3) is 0 Å². The summed E-state index contributed by atoms with van der Waals surface area (Å²) in [7, 11) is 0. The van der Waals surface area contributed by atoms with E-state index in [9.17, 15) is 14.4 Å². The van der Waals surface area contributed by atoms with Gasteiger partial charge >= 0.3 is 0 Å². The van der Waals surface area contributed by atoms with E-state index in [1.165, 1.54) is 13.8 Å². The number of hydrogen-bond donors (Lipinski definition) is 0. The van der Waals surface area contributed by atoms with Gasteiger partial charge in [0.05, 0.1) is 0 Å². The van der Waals surface area contributed by atoms with Gasteiger partial charge in [-0.2, -0.15) is 0 Å². The lowest BCUT2D eigenvalue weighted by atomic mass is 10.1. The Kier molecular flexibility index (Phi) is 215. The Hall–Kier alpha value is -2.43. The maximum Gasteiger partial charge on any atom is 0.155 e. The van der Waals surface area contributed by atoms with Crippen LogP contribution in [0.2, 0.25) is 0 Å². The van der Waals surface area contributed by atoms with Crippen molar-refractivity contribution in [1.29, 1.82) is 0 Å². The fourth-order valence-electron chi connectivity index (χ4n) is 1.80. The summed E-state index contributed by atoms with van der Waals surface area (Å²) in [5.74, 6) is 0.959. The maximum atomic E-state index is 10.8. The lowest BCUT2D eigenvalue weighted by Gasteiger charge is -1.91. The number of ketones is 3. The lowest BCUT2D eigenvalue weighted by molar-refractivity contribution is -0.119. The Bertz CT molecular complexity index is 525. The fourth-order valence-corrected chi connectivity index (χ4v) is 1.80. The van der Waals surface area contributed by atoms with Crippen molar-refractivity contribution in [2.45, 2.75) is 197 Å². The van der Waals surface area contributed by atoms with Crippen molar-refractivity contribution < 1.29 is 24.0 Å². The molecular formula is C40H88O5. The van der Waals surface area contributed by atoms with Gasteiger partial charge in [-0.05, 0) is 60.0 Å². The number of allylic oxidation sites excluding steroid dienone is 6. The summed E-state index contributed by atoms with van der Waals surface area (Å²) in [6, 6.07) is 0. The van der Waals surface area contributed by atoms with Crippen LogP contribution < -0.4 is 0 Å². The molecule has 0 aromatic carbocycles. The number of hydrogen-bond acceptors (Lipinski definition) is 5. The number of carbonyl (C=O) groups excluding carboxylic acids is 5. The first-order valence-corrected chi connectivity index (χ1v) is 17.0. The van der Waals surface area contributed by atoms with Crippen LogP contribution in [0.5, 0.6) is 0 Å². The van der Waals surface area contributed by atoms with E-state index < -0.39 is 0 Å². The quantitative estimate of drug-likeness (QED) is 0.119. The van der Waals surface area contributed by atoms with Gasteiger partial charge in [0.25, 0.3) is 0 Å². The Balaban J connectivity index is -0.0000000290. The maximum absolute atomic E-state index is 10.8. The molecule has 0 rings (SSSR count). The van der Waals surface area contributed by atoms with E-state index in [4.69, 9.17) is 9.59 Å². The molecule has 0 aromatic rings. The minimum atomic E-state index is 0. The molecular weight excluding hydrogens is 560 g/mol. The highest BCUT2D eigenvalue weighted by molar-refractivity contribution is 5.89. The molecule has 0 fully saturated rings. The fraction of sp³-hybridized carbons (Fsp3) is 0.725. The Morgan fingerprint density at radius 3 is 1.02 bits per heavy atom. The molecule has 0 radical (unpaired) electrons. The van der Waals surface area contributed by atoms with E-state index in [0.29, 0.717) is 37.2 Å². The zero-order valence-electron chi connectivity index (χ0n) is 32.5. The smallest absolute Gasteiger partial charge is 0.155 e. The van der Waals surface area contributed by atoms with Crippen molar-refractivity contribution in [3.8, 4) is 0 Å². The van der Waals surface area contributed by atoms with Crippen molar-refractivity contribution in [3.63, 3.8) is 0 Å². The number of rotatable bonds is 12. The third kappa shape index (κ3) is 189. The normalized spacial score (nSPS) is 7.51. The third-order valence-corrected chi connectivity index (χ3v) is 3.57. The average molecular weight is 649 g/mol. The van der Waals surface area contributed by atoms with Gasteiger partial charge < -0.3 is 9.59 Å². The standard InChI is InChI=1S/C9H14O.C8H14O.C7H14O.2C2H4O.5C2H6.2CH4/c1-3-5-6-8-9(10)7-4-2;1-3-5-6-7-8(9)4-2;1-3-5-6-7(8)4-2;2*1-2-3;5*1-2;;/h3-5,7H,6,8H2,1-2H3;3,5H,4,6-7H2,1-2H3;3-6H2,1-2H3;2*2H,1H3;5*1-2H3;2*1H4/b5-3+,7-4+;5-3+;;;;;;;;;;. The third-order valence-electron chi connectivity index (χ3n) is 3.57. The molecule has 0 aliphatic heterocycles. The minimum Gasteiger partial charge on any atom is -0.304 e. The molecule has 45 heavy (non-hydrogen) atoms. The second-order valence-electron chi connectivity index (χ2n) is 6.54. The number of unbranched alkanes of at least 4 members (excludes halogenated alkanes) is 1. The minimum absolute atomic E-state index is 0. The first kappa shape index (κ1) is 78.7. The Morgan fingerprint density at radius 2 is 0.778 bits per heavy atom. The van der Waals surface area contributed by atoms with E-state index in [-0.39, 0.29) is 20.6 Å². The first-order valence-electron chi connectivity index (χ1n) is 17.0. The van der Waals surface area contributed by atoms with Crippen LogP contribution in [-0.4, -0.2) is 29.9 Å². The predicted octanol–water partition coefficient (Wildman–Crippen LogP) is 13.8. The molecule has 0 unspecified atom stereocenters. The Morgan fingerprint density at radius 1 is 0.489 bits per heavy atom. The second-order valence-corrected chi connectivity index (χ2v) is 6.54. The molecule has 0 aromatic heterocycles. The van der Waals surface area contributed by atoms with Gasteiger partial charge in [0.15, 0.2) is 5.78 Å². The van der Waals surface area contributed by atoms with Crippen LogP contribution in [-0.2, 0) is 24.0 Å². The van der Waals surface area contributed by atoms with E-state index in [1.807, 2.05) is 128 Å². The second kappa shape index (κ2) is 123. The van der Waals surface area contributed by atoms with Gasteiger partial charge in [0.2, 0.25) is 0 Å². The summed E-state index contributed by atoms with van der Waals surface area (Å²) < 4.78 is 0. The first-order chi connectivity index (χ1) is 20.8. The summed E-state index contributed by atoms with van der Waals surface area (Å²) in [5, 5.41) is 0. The molecule has 0 heterocycles.